The van der Waals surface area contributed by atoms with Crippen molar-refractivity contribution in [2.24, 2.45) is 0 Å². The van der Waals surface area contributed by atoms with Crippen LogP contribution in [0.5, 0.6) is 5.75 Å². The number of fused-ring (bicyclic) bond motifs is 2. The fraction of sp³-hybridized carbons (Fsp3) is 0.550. The van der Waals surface area contributed by atoms with Gasteiger partial charge in [-0.15, -0.1) is 0 Å². The van der Waals surface area contributed by atoms with E-state index in [9.17, 15) is 4.79 Å². The third-order valence-corrected chi connectivity index (χ3v) is 5.21. The average Bonchev–Trinajstić information content (AvgIpc) is 3.08. The number of ether oxygens (including phenoxy) is 1. The molecule has 0 unspecified atom stereocenters. The number of piperidine rings is 1. The first-order valence-electron chi connectivity index (χ1n) is 9.25. The zero-order chi connectivity index (χ0) is 16.4. The molecular formula is C20H25NO3. The second-order valence-electron chi connectivity index (χ2n) is 6.95. The lowest BCUT2D eigenvalue weighted by molar-refractivity contribution is 0.205. The van der Waals surface area contributed by atoms with Crippen LogP contribution in [0.15, 0.2) is 27.4 Å². The molecule has 4 heteroatoms. The largest absolute Gasteiger partial charge is 0.493 e. The summed E-state index contributed by atoms with van der Waals surface area (Å²) in [5.74, 6) is 1.66. The Morgan fingerprint density at radius 3 is 2.83 bits per heavy atom. The molecule has 24 heavy (non-hydrogen) atoms. The Morgan fingerprint density at radius 1 is 1.08 bits per heavy atom. The SMILES string of the molecule is O=c1c2c(oc3cc(OCCCN4CCCCC4)ccc13)CCC2. The van der Waals surface area contributed by atoms with Crippen LogP contribution in [0.2, 0.25) is 0 Å². The van der Waals surface area contributed by atoms with Gasteiger partial charge in [-0.2, -0.15) is 0 Å². The summed E-state index contributed by atoms with van der Waals surface area (Å²) in [6.45, 7) is 4.27. The van der Waals surface area contributed by atoms with E-state index < -0.39 is 0 Å². The molecule has 1 aliphatic carbocycles. The van der Waals surface area contributed by atoms with Crippen LogP contribution in [0, 0.1) is 0 Å². The van der Waals surface area contributed by atoms with Gasteiger partial charge in [0, 0.05) is 24.6 Å². The van der Waals surface area contributed by atoms with E-state index in [2.05, 4.69) is 4.90 Å². The standard InChI is InChI=1S/C20H25NO3/c22-20-16-6-4-7-18(16)24-19-14-15(8-9-17(19)20)23-13-5-12-21-10-2-1-3-11-21/h8-9,14H,1-7,10-13H2. The van der Waals surface area contributed by atoms with Crippen molar-refractivity contribution in [2.75, 3.05) is 26.2 Å². The summed E-state index contributed by atoms with van der Waals surface area (Å²) in [7, 11) is 0. The average molecular weight is 327 g/mol. The van der Waals surface area contributed by atoms with Crippen LogP contribution < -0.4 is 10.2 Å². The van der Waals surface area contributed by atoms with Gasteiger partial charge in [-0.05, 0) is 57.3 Å². The number of rotatable bonds is 5. The Labute approximate surface area is 142 Å². The summed E-state index contributed by atoms with van der Waals surface area (Å²) in [5, 5.41) is 0.677. The lowest BCUT2D eigenvalue weighted by atomic mass is 10.1. The quantitative estimate of drug-likeness (QED) is 0.788. The zero-order valence-electron chi connectivity index (χ0n) is 14.2. The molecule has 1 aromatic heterocycles. The molecule has 2 aliphatic rings. The topological polar surface area (TPSA) is 42.7 Å². The minimum Gasteiger partial charge on any atom is -0.493 e. The minimum absolute atomic E-state index is 0.139. The maximum absolute atomic E-state index is 12.5. The van der Waals surface area contributed by atoms with Crippen molar-refractivity contribution in [1.82, 2.24) is 4.90 Å². The van der Waals surface area contributed by atoms with E-state index in [1.54, 1.807) is 0 Å². The van der Waals surface area contributed by atoms with Crippen LogP contribution >= 0.6 is 0 Å². The van der Waals surface area contributed by atoms with Crippen LogP contribution in [0.1, 0.15) is 43.4 Å². The van der Waals surface area contributed by atoms with Crippen molar-refractivity contribution in [3.63, 3.8) is 0 Å². The summed E-state index contributed by atoms with van der Waals surface area (Å²) >= 11 is 0. The van der Waals surface area contributed by atoms with Gasteiger partial charge in [0.2, 0.25) is 0 Å². The maximum atomic E-state index is 12.5. The minimum atomic E-state index is 0.139. The smallest absolute Gasteiger partial charge is 0.196 e. The summed E-state index contributed by atoms with van der Waals surface area (Å²) in [6.07, 6.45) is 7.81. The molecule has 0 N–H and O–H groups in total. The van der Waals surface area contributed by atoms with Gasteiger partial charge in [-0.1, -0.05) is 6.42 Å². The molecule has 0 saturated carbocycles. The third-order valence-electron chi connectivity index (χ3n) is 5.21. The molecule has 0 amide bonds. The molecule has 1 aromatic carbocycles. The second-order valence-corrected chi connectivity index (χ2v) is 6.95. The molecule has 1 fully saturated rings. The van der Waals surface area contributed by atoms with Gasteiger partial charge in [0.05, 0.1) is 12.0 Å². The van der Waals surface area contributed by atoms with Gasteiger partial charge in [-0.25, -0.2) is 0 Å². The number of hydrogen-bond acceptors (Lipinski definition) is 4. The molecule has 1 saturated heterocycles. The molecule has 2 aromatic rings. The number of likely N-dealkylation sites (tertiary alicyclic amines) is 1. The summed E-state index contributed by atoms with van der Waals surface area (Å²) < 4.78 is 11.8. The molecule has 128 valence electrons. The highest BCUT2D eigenvalue weighted by atomic mass is 16.5. The molecule has 0 spiro atoms. The van der Waals surface area contributed by atoms with Gasteiger partial charge >= 0.3 is 0 Å². The van der Waals surface area contributed by atoms with E-state index >= 15 is 0 Å². The van der Waals surface area contributed by atoms with Crippen molar-refractivity contribution in [3.8, 4) is 5.75 Å². The van der Waals surface area contributed by atoms with Crippen LogP contribution in [0.4, 0.5) is 0 Å². The van der Waals surface area contributed by atoms with Gasteiger partial charge in [-0.3, -0.25) is 4.79 Å². The Kier molecular flexibility index (Phi) is 4.56. The van der Waals surface area contributed by atoms with Crippen molar-refractivity contribution >= 4 is 11.0 Å². The third kappa shape index (κ3) is 3.20. The fourth-order valence-electron chi connectivity index (χ4n) is 3.89. The highest BCUT2D eigenvalue weighted by Gasteiger charge is 2.19. The molecule has 0 radical (unpaired) electrons. The molecule has 4 rings (SSSR count). The number of nitrogens with zero attached hydrogens (tertiary/aromatic N) is 1. The normalized spacial score (nSPS) is 18.0. The fourth-order valence-corrected chi connectivity index (χ4v) is 3.89. The number of hydrogen-bond donors (Lipinski definition) is 0. The van der Waals surface area contributed by atoms with Crippen LogP contribution in [0.25, 0.3) is 11.0 Å². The zero-order valence-corrected chi connectivity index (χ0v) is 14.2. The van der Waals surface area contributed by atoms with Crippen molar-refractivity contribution < 1.29 is 9.15 Å². The van der Waals surface area contributed by atoms with Crippen molar-refractivity contribution in [1.29, 1.82) is 0 Å². The molecule has 0 atom stereocenters. The lowest BCUT2D eigenvalue weighted by Gasteiger charge is -2.26. The summed E-state index contributed by atoms with van der Waals surface area (Å²) in [6, 6.07) is 5.61. The summed E-state index contributed by atoms with van der Waals surface area (Å²) in [4.78, 5) is 15.0. The van der Waals surface area contributed by atoms with Gasteiger partial charge in [0.15, 0.2) is 5.43 Å². The van der Waals surface area contributed by atoms with Crippen LogP contribution in [-0.2, 0) is 12.8 Å². The van der Waals surface area contributed by atoms with Crippen molar-refractivity contribution in [3.05, 3.63) is 39.7 Å². The maximum Gasteiger partial charge on any atom is 0.196 e. The first-order chi connectivity index (χ1) is 11.8. The Balaban J connectivity index is 1.40. The monoisotopic (exact) mass is 327 g/mol. The van der Waals surface area contributed by atoms with Gasteiger partial charge in [0.1, 0.15) is 17.1 Å². The molecular weight excluding hydrogens is 302 g/mol. The highest BCUT2D eigenvalue weighted by Crippen LogP contribution is 2.26. The van der Waals surface area contributed by atoms with E-state index in [1.807, 2.05) is 18.2 Å². The Bertz CT molecular complexity index is 774. The molecule has 1 aliphatic heterocycles. The van der Waals surface area contributed by atoms with Crippen molar-refractivity contribution in [2.45, 2.75) is 44.9 Å². The lowest BCUT2D eigenvalue weighted by Crippen LogP contribution is -2.31. The van der Waals surface area contributed by atoms with E-state index in [-0.39, 0.29) is 5.43 Å². The second kappa shape index (κ2) is 6.98. The molecule has 2 heterocycles. The highest BCUT2D eigenvalue weighted by molar-refractivity contribution is 5.79. The van der Waals surface area contributed by atoms with E-state index in [0.29, 0.717) is 17.6 Å². The molecule has 0 bridgehead atoms. The predicted molar refractivity (Wildman–Crippen MR) is 94.9 cm³/mol. The Hall–Kier alpha value is -1.81. The van der Waals surface area contributed by atoms with E-state index in [4.69, 9.17) is 9.15 Å². The molecule has 4 nitrogen and oxygen atoms in total. The number of aryl methyl sites for hydroxylation is 1. The van der Waals surface area contributed by atoms with Crippen LogP contribution in [-0.4, -0.2) is 31.1 Å². The predicted octanol–water partition coefficient (Wildman–Crippen LogP) is 3.54. The summed E-state index contributed by atoms with van der Waals surface area (Å²) in [5.41, 5.74) is 1.67. The first-order valence-corrected chi connectivity index (χ1v) is 9.25. The van der Waals surface area contributed by atoms with Crippen LogP contribution in [0.3, 0.4) is 0 Å². The van der Waals surface area contributed by atoms with E-state index in [1.165, 1.54) is 32.4 Å². The first kappa shape index (κ1) is 15.7. The van der Waals surface area contributed by atoms with Gasteiger partial charge < -0.3 is 14.1 Å². The van der Waals surface area contributed by atoms with Gasteiger partial charge in [0.25, 0.3) is 0 Å². The number of benzene rings is 1. The van der Waals surface area contributed by atoms with E-state index in [0.717, 1.165) is 49.3 Å². The Morgan fingerprint density at radius 2 is 1.96 bits per heavy atom.